The molecule has 4 heteroatoms. The molecule has 17 heavy (non-hydrogen) atoms. The Morgan fingerprint density at radius 2 is 2.24 bits per heavy atom. The second-order valence-corrected chi connectivity index (χ2v) is 4.33. The molecule has 1 aromatic rings. The maximum absolute atomic E-state index is 11.8. The van der Waals surface area contributed by atoms with Crippen molar-refractivity contribution < 1.29 is 9.53 Å². The lowest BCUT2D eigenvalue weighted by molar-refractivity contribution is 0.0735. The molecule has 3 N–H and O–H groups in total. The second-order valence-electron chi connectivity index (χ2n) is 4.33. The number of nitrogen functional groups attached to an aromatic ring is 1. The molecule has 92 valence electrons. The molecule has 0 aromatic heterocycles. The number of unbranched alkanes of at least 4 members (excludes halogenated alkanes) is 2. The van der Waals surface area contributed by atoms with Crippen molar-refractivity contribution in [2.24, 2.45) is 0 Å². The van der Waals surface area contributed by atoms with Gasteiger partial charge < -0.3 is 15.8 Å². The van der Waals surface area contributed by atoms with Crippen molar-refractivity contribution >= 4 is 11.6 Å². The molecule has 2 rings (SSSR count). The van der Waals surface area contributed by atoms with E-state index in [2.05, 4.69) is 12.2 Å². The number of hydrogen-bond donors (Lipinski definition) is 2. The molecule has 0 aliphatic carbocycles. The van der Waals surface area contributed by atoms with E-state index < -0.39 is 0 Å². The highest BCUT2D eigenvalue weighted by molar-refractivity contribution is 5.98. The molecule has 0 radical (unpaired) electrons. The number of amides is 1. The number of hydrogen-bond acceptors (Lipinski definition) is 3. The fourth-order valence-corrected chi connectivity index (χ4v) is 1.95. The van der Waals surface area contributed by atoms with Gasteiger partial charge in [-0.05, 0) is 24.6 Å². The zero-order valence-electron chi connectivity index (χ0n) is 10.0. The van der Waals surface area contributed by atoms with Crippen LogP contribution in [0.4, 0.5) is 5.69 Å². The molecule has 0 saturated heterocycles. The second kappa shape index (κ2) is 5.08. The third-order valence-electron chi connectivity index (χ3n) is 2.88. The topological polar surface area (TPSA) is 64.4 Å². The Morgan fingerprint density at radius 3 is 3.00 bits per heavy atom. The van der Waals surface area contributed by atoms with Gasteiger partial charge in [0.2, 0.25) is 0 Å². The molecule has 0 saturated carbocycles. The van der Waals surface area contributed by atoms with E-state index >= 15 is 0 Å². The van der Waals surface area contributed by atoms with Crippen LogP contribution in [0.1, 0.15) is 43.0 Å². The van der Waals surface area contributed by atoms with E-state index in [1.165, 1.54) is 0 Å². The number of benzene rings is 1. The summed E-state index contributed by atoms with van der Waals surface area (Å²) in [5.41, 5.74) is 6.74. The Kier molecular flexibility index (Phi) is 3.52. The van der Waals surface area contributed by atoms with Crippen LogP contribution in [0.2, 0.25) is 0 Å². The van der Waals surface area contributed by atoms with E-state index in [9.17, 15) is 4.79 Å². The molecular weight excluding hydrogens is 216 g/mol. The molecule has 1 aliphatic heterocycles. The normalized spacial score (nSPS) is 18.2. The zero-order chi connectivity index (χ0) is 12.3. The predicted octanol–water partition coefficient (Wildman–Crippen LogP) is 2.30. The molecule has 0 fully saturated rings. The molecular formula is C13H18N2O2. The Hall–Kier alpha value is -1.71. The highest BCUT2D eigenvalue weighted by atomic mass is 16.5. The quantitative estimate of drug-likeness (QED) is 0.620. The van der Waals surface area contributed by atoms with Crippen LogP contribution < -0.4 is 15.8 Å². The lowest BCUT2D eigenvalue weighted by atomic mass is 10.1. The molecule has 1 amide bonds. The summed E-state index contributed by atoms with van der Waals surface area (Å²) < 4.78 is 5.72. The molecule has 4 nitrogen and oxygen atoms in total. The summed E-state index contributed by atoms with van der Waals surface area (Å²) in [5, 5.41) is 2.84. The van der Waals surface area contributed by atoms with Crippen LogP contribution in [0.15, 0.2) is 18.2 Å². The molecule has 1 heterocycles. The van der Waals surface area contributed by atoms with Crippen molar-refractivity contribution in [3.8, 4) is 5.75 Å². The Balaban J connectivity index is 2.06. The number of nitrogens with two attached hydrogens (primary N) is 1. The summed E-state index contributed by atoms with van der Waals surface area (Å²) in [4.78, 5) is 11.8. The number of nitrogens with one attached hydrogen (secondary N) is 1. The standard InChI is InChI=1S/C13H18N2O2/c1-2-3-4-5-12-15-13(16)10-8-9(14)6-7-11(10)17-12/h6-8,12H,2-5,14H2,1H3,(H,15,16). The molecule has 1 aliphatic rings. The van der Waals surface area contributed by atoms with Crippen molar-refractivity contribution in [3.63, 3.8) is 0 Å². The fraction of sp³-hybridized carbons (Fsp3) is 0.462. The van der Waals surface area contributed by atoms with E-state index in [0.29, 0.717) is 17.0 Å². The third-order valence-corrected chi connectivity index (χ3v) is 2.88. The summed E-state index contributed by atoms with van der Waals surface area (Å²) in [6.07, 6.45) is 4.03. The van der Waals surface area contributed by atoms with Gasteiger partial charge in [-0.15, -0.1) is 0 Å². The summed E-state index contributed by atoms with van der Waals surface area (Å²) in [6, 6.07) is 5.16. The summed E-state index contributed by atoms with van der Waals surface area (Å²) >= 11 is 0. The Labute approximate surface area is 101 Å². The third kappa shape index (κ3) is 2.70. The lowest BCUT2D eigenvalue weighted by Gasteiger charge is -2.26. The summed E-state index contributed by atoms with van der Waals surface area (Å²) in [6.45, 7) is 2.15. The number of fused-ring (bicyclic) bond motifs is 1. The van der Waals surface area contributed by atoms with Crippen LogP contribution in [-0.4, -0.2) is 12.1 Å². The average Bonchev–Trinajstić information content (AvgIpc) is 2.31. The molecule has 0 spiro atoms. The zero-order valence-corrected chi connectivity index (χ0v) is 10.0. The summed E-state index contributed by atoms with van der Waals surface area (Å²) in [7, 11) is 0. The number of carbonyl (C=O) groups excluding carboxylic acids is 1. The van der Waals surface area contributed by atoms with Gasteiger partial charge in [-0.25, -0.2) is 0 Å². The minimum atomic E-state index is -0.204. The van der Waals surface area contributed by atoms with E-state index in [1.54, 1.807) is 18.2 Å². The number of rotatable bonds is 4. The van der Waals surface area contributed by atoms with E-state index in [0.717, 1.165) is 25.7 Å². The van der Waals surface area contributed by atoms with Gasteiger partial charge in [0.1, 0.15) is 5.75 Å². The van der Waals surface area contributed by atoms with Gasteiger partial charge in [-0.2, -0.15) is 0 Å². The van der Waals surface area contributed by atoms with Crippen LogP contribution >= 0.6 is 0 Å². The van der Waals surface area contributed by atoms with Crippen LogP contribution in [-0.2, 0) is 0 Å². The maximum atomic E-state index is 11.8. The first kappa shape index (κ1) is 11.8. The number of ether oxygens (including phenoxy) is 1. The largest absolute Gasteiger partial charge is 0.470 e. The Bertz CT molecular complexity index is 418. The number of carbonyl (C=O) groups is 1. The van der Waals surface area contributed by atoms with Gasteiger partial charge >= 0.3 is 0 Å². The molecule has 1 atom stereocenters. The molecule has 1 unspecified atom stereocenters. The lowest BCUT2D eigenvalue weighted by Crippen LogP contribution is -2.43. The maximum Gasteiger partial charge on any atom is 0.257 e. The first-order valence-electron chi connectivity index (χ1n) is 6.07. The molecule has 0 bridgehead atoms. The highest BCUT2D eigenvalue weighted by Crippen LogP contribution is 2.26. The fourth-order valence-electron chi connectivity index (χ4n) is 1.95. The predicted molar refractivity (Wildman–Crippen MR) is 66.9 cm³/mol. The van der Waals surface area contributed by atoms with E-state index in [4.69, 9.17) is 10.5 Å². The van der Waals surface area contributed by atoms with Crippen LogP contribution in [0.5, 0.6) is 5.75 Å². The minimum Gasteiger partial charge on any atom is -0.470 e. The van der Waals surface area contributed by atoms with Gasteiger partial charge in [0.05, 0.1) is 5.56 Å². The molecule has 1 aromatic carbocycles. The smallest absolute Gasteiger partial charge is 0.257 e. The van der Waals surface area contributed by atoms with Gasteiger partial charge in [0.25, 0.3) is 5.91 Å². The van der Waals surface area contributed by atoms with Crippen LogP contribution in [0.25, 0.3) is 0 Å². The van der Waals surface area contributed by atoms with E-state index in [-0.39, 0.29) is 12.1 Å². The van der Waals surface area contributed by atoms with Crippen molar-refractivity contribution in [2.75, 3.05) is 5.73 Å². The van der Waals surface area contributed by atoms with Gasteiger partial charge in [0.15, 0.2) is 6.23 Å². The monoisotopic (exact) mass is 234 g/mol. The van der Waals surface area contributed by atoms with Gasteiger partial charge in [-0.3, -0.25) is 4.79 Å². The Morgan fingerprint density at radius 1 is 1.41 bits per heavy atom. The minimum absolute atomic E-state index is 0.0972. The van der Waals surface area contributed by atoms with Gasteiger partial charge in [-0.1, -0.05) is 19.8 Å². The first-order valence-corrected chi connectivity index (χ1v) is 6.07. The van der Waals surface area contributed by atoms with Gasteiger partial charge in [0, 0.05) is 12.1 Å². The van der Waals surface area contributed by atoms with E-state index in [1.807, 2.05) is 0 Å². The van der Waals surface area contributed by atoms with Crippen molar-refractivity contribution in [3.05, 3.63) is 23.8 Å². The van der Waals surface area contributed by atoms with Crippen molar-refractivity contribution in [1.82, 2.24) is 5.32 Å². The highest BCUT2D eigenvalue weighted by Gasteiger charge is 2.24. The first-order chi connectivity index (χ1) is 8.20. The summed E-state index contributed by atoms with van der Waals surface area (Å²) in [5.74, 6) is 0.532. The van der Waals surface area contributed by atoms with Crippen molar-refractivity contribution in [1.29, 1.82) is 0 Å². The SMILES string of the molecule is CCCCCC1NC(=O)c2cc(N)ccc2O1. The van der Waals surface area contributed by atoms with Crippen LogP contribution in [0, 0.1) is 0 Å². The number of anilines is 1. The van der Waals surface area contributed by atoms with Crippen molar-refractivity contribution in [2.45, 2.75) is 38.8 Å². The average molecular weight is 234 g/mol. The van der Waals surface area contributed by atoms with Crippen LogP contribution in [0.3, 0.4) is 0 Å².